The van der Waals surface area contributed by atoms with Gasteiger partial charge in [0, 0.05) is 11.5 Å². The van der Waals surface area contributed by atoms with Gasteiger partial charge in [-0.25, -0.2) is 0 Å². The van der Waals surface area contributed by atoms with Gasteiger partial charge < -0.3 is 10.4 Å². The Morgan fingerprint density at radius 1 is 1.22 bits per heavy atom. The van der Waals surface area contributed by atoms with Gasteiger partial charge in [-0.3, -0.25) is 9.59 Å². The predicted octanol–water partition coefficient (Wildman–Crippen LogP) is 2.72. The average molecular weight is 255 g/mol. The number of hydrogen-bond acceptors (Lipinski definition) is 2. The summed E-state index contributed by atoms with van der Waals surface area (Å²) in [5.74, 6) is -0.741. The zero-order valence-corrected chi connectivity index (χ0v) is 11.5. The van der Waals surface area contributed by atoms with E-state index in [9.17, 15) is 9.59 Å². The SMILES string of the molecule is CCC(C)(CC(=O)O)NC(=O)C1CCCCCC1. The van der Waals surface area contributed by atoms with Crippen LogP contribution in [0.25, 0.3) is 0 Å². The maximum Gasteiger partial charge on any atom is 0.305 e. The Morgan fingerprint density at radius 3 is 2.22 bits per heavy atom. The fourth-order valence-electron chi connectivity index (χ4n) is 2.53. The van der Waals surface area contributed by atoms with Crippen LogP contribution in [0.1, 0.15) is 65.2 Å². The maximum atomic E-state index is 12.2. The Kier molecular flexibility index (Phi) is 5.63. The molecular formula is C14H25NO3. The van der Waals surface area contributed by atoms with E-state index in [0.29, 0.717) is 6.42 Å². The topological polar surface area (TPSA) is 66.4 Å². The van der Waals surface area contributed by atoms with Crippen molar-refractivity contribution in [2.24, 2.45) is 5.92 Å². The van der Waals surface area contributed by atoms with Crippen LogP contribution in [0, 0.1) is 5.92 Å². The fraction of sp³-hybridized carbons (Fsp3) is 0.857. The molecule has 1 amide bonds. The molecule has 2 N–H and O–H groups in total. The predicted molar refractivity (Wildman–Crippen MR) is 70.3 cm³/mol. The summed E-state index contributed by atoms with van der Waals surface area (Å²) < 4.78 is 0. The third kappa shape index (κ3) is 4.67. The number of hydrogen-bond donors (Lipinski definition) is 2. The Balaban J connectivity index is 2.57. The van der Waals surface area contributed by atoms with E-state index in [-0.39, 0.29) is 18.2 Å². The van der Waals surface area contributed by atoms with Crippen LogP contribution in [-0.4, -0.2) is 22.5 Å². The number of amides is 1. The van der Waals surface area contributed by atoms with E-state index in [0.717, 1.165) is 25.7 Å². The molecule has 0 radical (unpaired) electrons. The molecule has 0 aliphatic heterocycles. The van der Waals surface area contributed by atoms with Crippen LogP contribution in [-0.2, 0) is 9.59 Å². The largest absolute Gasteiger partial charge is 0.481 e. The van der Waals surface area contributed by atoms with E-state index < -0.39 is 11.5 Å². The van der Waals surface area contributed by atoms with Crippen LogP contribution in [0.3, 0.4) is 0 Å². The van der Waals surface area contributed by atoms with Crippen molar-refractivity contribution in [3.05, 3.63) is 0 Å². The Labute approximate surface area is 109 Å². The Morgan fingerprint density at radius 2 is 1.78 bits per heavy atom. The van der Waals surface area contributed by atoms with Gasteiger partial charge in [0.1, 0.15) is 0 Å². The molecule has 0 bridgehead atoms. The lowest BCUT2D eigenvalue weighted by Crippen LogP contribution is -2.49. The molecule has 1 aliphatic carbocycles. The zero-order chi connectivity index (χ0) is 13.6. The van der Waals surface area contributed by atoms with Crippen LogP contribution in [0.4, 0.5) is 0 Å². The molecule has 1 saturated carbocycles. The molecule has 1 unspecified atom stereocenters. The summed E-state index contributed by atoms with van der Waals surface area (Å²) in [4.78, 5) is 23.0. The minimum atomic E-state index is -0.861. The second-order valence-electron chi connectivity index (χ2n) is 5.66. The Bertz CT molecular complexity index is 295. The van der Waals surface area contributed by atoms with Gasteiger partial charge in [-0.15, -0.1) is 0 Å². The second-order valence-corrected chi connectivity index (χ2v) is 5.66. The van der Waals surface area contributed by atoms with Gasteiger partial charge in [-0.05, 0) is 26.2 Å². The van der Waals surface area contributed by atoms with E-state index in [1.807, 2.05) is 13.8 Å². The highest BCUT2D eigenvalue weighted by Crippen LogP contribution is 2.24. The molecule has 0 saturated heterocycles. The zero-order valence-electron chi connectivity index (χ0n) is 11.5. The number of rotatable bonds is 5. The smallest absolute Gasteiger partial charge is 0.305 e. The van der Waals surface area contributed by atoms with Gasteiger partial charge in [0.15, 0.2) is 0 Å². The average Bonchev–Trinajstić information content (AvgIpc) is 2.56. The molecule has 104 valence electrons. The molecule has 0 spiro atoms. The maximum absolute atomic E-state index is 12.2. The summed E-state index contributed by atoms with van der Waals surface area (Å²) in [5, 5.41) is 11.8. The molecule has 4 heteroatoms. The van der Waals surface area contributed by atoms with Gasteiger partial charge >= 0.3 is 5.97 Å². The first-order valence-electron chi connectivity index (χ1n) is 7.00. The van der Waals surface area contributed by atoms with Crippen LogP contribution >= 0.6 is 0 Å². The summed E-state index contributed by atoms with van der Waals surface area (Å²) in [5.41, 5.74) is -0.616. The molecule has 0 heterocycles. The first-order valence-corrected chi connectivity index (χ1v) is 7.00. The van der Waals surface area contributed by atoms with Crippen LogP contribution < -0.4 is 5.32 Å². The lowest BCUT2D eigenvalue weighted by Gasteiger charge is -2.30. The number of carboxylic acid groups (broad SMARTS) is 1. The van der Waals surface area contributed by atoms with E-state index in [4.69, 9.17) is 5.11 Å². The normalized spacial score (nSPS) is 20.8. The van der Waals surface area contributed by atoms with Crippen molar-refractivity contribution in [1.82, 2.24) is 5.32 Å². The second kappa shape index (κ2) is 6.76. The standard InChI is InChI=1S/C14H25NO3/c1-3-14(2,10-12(16)17)15-13(18)11-8-6-4-5-7-9-11/h11H,3-10H2,1-2H3,(H,15,18)(H,16,17). The number of aliphatic carboxylic acids is 1. The molecule has 18 heavy (non-hydrogen) atoms. The summed E-state index contributed by atoms with van der Waals surface area (Å²) >= 11 is 0. The van der Waals surface area contributed by atoms with Crippen LogP contribution in [0.5, 0.6) is 0 Å². The monoisotopic (exact) mass is 255 g/mol. The first kappa shape index (κ1) is 15.0. The number of carboxylic acids is 1. The lowest BCUT2D eigenvalue weighted by molar-refractivity contribution is -0.139. The fourth-order valence-corrected chi connectivity index (χ4v) is 2.53. The number of nitrogens with one attached hydrogen (secondary N) is 1. The van der Waals surface area contributed by atoms with E-state index >= 15 is 0 Å². The van der Waals surface area contributed by atoms with Gasteiger partial charge in [0.05, 0.1) is 6.42 Å². The number of carbonyl (C=O) groups is 2. The third-order valence-electron chi connectivity index (χ3n) is 3.97. The third-order valence-corrected chi connectivity index (χ3v) is 3.97. The molecule has 1 aliphatic rings. The molecule has 1 rings (SSSR count). The van der Waals surface area contributed by atoms with Crippen LogP contribution in [0.15, 0.2) is 0 Å². The van der Waals surface area contributed by atoms with Gasteiger partial charge in [-0.2, -0.15) is 0 Å². The Hall–Kier alpha value is -1.06. The van der Waals surface area contributed by atoms with Gasteiger partial charge in [0.2, 0.25) is 5.91 Å². The molecule has 0 aromatic rings. The van der Waals surface area contributed by atoms with Crippen LogP contribution in [0.2, 0.25) is 0 Å². The molecular weight excluding hydrogens is 230 g/mol. The van der Waals surface area contributed by atoms with Crippen molar-refractivity contribution in [1.29, 1.82) is 0 Å². The van der Waals surface area contributed by atoms with Gasteiger partial charge in [0.25, 0.3) is 0 Å². The molecule has 1 fully saturated rings. The van der Waals surface area contributed by atoms with Gasteiger partial charge in [-0.1, -0.05) is 32.6 Å². The summed E-state index contributed by atoms with van der Waals surface area (Å²) in [6.45, 7) is 3.73. The quantitative estimate of drug-likeness (QED) is 0.742. The van der Waals surface area contributed by atoms with Crippen molar-refractivity contribution < 1.29 is 14.7 Å². The molecule has 1 atom stereocenters. The van der Waals surface area contributed by atoms with Crippen molar-refractivity contribution >= 4 is 11.9 Å². The van der Waals surface area contributed by atoms with E-state index in [2.05, 4.69) is 5.32 Å². The minimum Gasteiger partial charge on any atom is -0.481 e. The summed E-state index contributed by atoms with van der Waals surface area (Å²) in [6, 6.07) is 0. The highest BCUT2D eigenvalue weighted by Gasteiger charge is 2.30. The highest BCUT2D eigenvalue weighted by molar-refractivity contribution is 5.80. The summed E-state index contributed by atoms with van der Waals surface area (Å²) in [7, 11) is 0. The minimum absolute atomic E-state index is 0.0119. The van der Waals surface area contributed by atoms with Crippen molar-refractivity contribution in [2.45, 2.75) is 70.8 Å². The lowest BCUT2D eigenvalue weighted by atomic mass is 9.91. The summed E-state index contributed by atoms with van der Waals surface area (Å²) in [6.07, 6.45) is 7.16. The molecule has 0 aromatic heterocycles. The van der Waals surface area contributed by atoms with Crippen molar-refractivity contribution in [3.8, 4) is 0 Å². The van der Waals surface area contributed by atoms with Crippen molar-refractivity contribution in [3.63, 3.8) is 0 Å². The van der Waals surface area contributed by atoms with E-state index in [1.165, 1.54) is 12.8 Å². The first-order chi connectivity index (χ1) is 8.47. The van der Waals surface area contributed by atoms with Crippen molar-refractivity contribution in [2.75, 3.05) is 0 Å². The number of carbonyl (C=O) groups excluding carboxylic acids is 1. The highest BCUT2D eigenvalue weighted by atomic mass is 16.4. The molecule has 4 nitrogen and oxygen atoms in total. The molecule has 0 aromatic carbocycles. The van der Waals surface area contributed by atoms with E-state index in [1.54, 1.807) is 0 Å².